The van der Waals surface area contributed by atoms with Crippen molar-refractivity contribution >= 4 is 17.5 Å². The Kier molecular flexibility index (Phi) is 4.16. The highest BCUT2D eigenvalue weighted by atomic mass is 16.6. The van der Waals surface area contributed by atoms with Crippen LogP contribution < -0.4 is 5.32 Å². The van der Waals surface area contributed by atoms with Gasteiger partial charge in [0.05, 0.1) is 10.8 Å². The van der Waals surface area contributed by atoms with Gasteiger partial charge in [0.1, 0.15) is 0 Å². The van der Waals surface area contributed by atoms with Crippen LogP contribution in [0.25, 0.3) is 0 Å². The van der Waals surface area contributed by atoms with Gasteiger partial charge in [-0.25, -0.2) is 4.98 Å². The van der Waals surface area contributed by atoms with Gasteiger partial charge in [0, 0.05) is 17.8 Å². The average Bonchev–Trinajstić information content (AvgIpc) is 2.39. The third-order valence-electron chi connectivity index (χ3n) is 3.63. The van der Waals surface area contributed by atoms with Crippen LogP contribution in [0.1, 0.15) is 31.4 Å². The third kappa shape index (κ3) is 3.23. The summed E-state index contributed by atoms with van der Waals surface area (Å²) in [5.41, 5.74) is 0.660. The van der Waals surface area contributed by atoms with E-state index >= 15 is 0 Å². The summed E-state index contributed by atoms with van der Waals surface area (Å²) in [7, 11) is 0. The highest BCUT2D eigenvalue weighted by Crippen LogP contribution is 2.29. The van der Waals surface area contributed by atoms with Crippen molar-refractivity contribution in [1.82, 2.24) is 4.98 Å². The molecule has 1 aliphatic rings. The summed E-state index contributed by atoms with van der Waals surface area (Å²) in [6, 6.07) is 3.08. The molecule has 108 valence electrons. The molecule has 0 atom stereocenters. The first kappa shape index (κ1) is 14.2. The molecule has 20 heavy (non-hydrogen) atoms. The molecule has 1 saturated carbocycles. The minimum atomic E-state index is -0.761. The zero-order valence-corrected chi connectivity index (χ0v) is 11.2. The van der Waals surface area contributed by atoms with Gasteiger partial charge in [-0.3, -0.25) is 14.9 Å². The molecule has 7 heteroatoms. The Balaban J connectivity index is 2.06. The summed E-state index contributed by atoms with van der Waals surface area (Å²) < 4.78 is 0. The first-order valence-electron chi connectivity index (χ1n) is 6.58. The van der Waals surface area contributed by atoms with Gasteiger partial charge in [0.25, 0.3) is 0 Å². The van der Waals surface area contributed by atoms with Crippen LogP contribution in [0.3, 0.4) is 0 Å². The Morgan fingerprint density at radius 3 is 2.60 bits per heavy atom. The molecular formula is C13H17N3O4. The monoisotopic (exact) mass is 279 g/mol. The lowest BCUT2D eigenvalue weighted by atomic mass is 9.86. The molecule has 0 bridgehead atoms. The molecule has 0 spiro atoms. The van der Waals surface area contributed by atoms with Crippen molar-refractivity contribution in [3.8, 4) is 0 Å². The lowest BCUT2D eigenvalue weighted by Crippen LogP contribution is -2.29. The molecule has 0 saturated heterocycles. The summed E-state index contributed by atoms with van der Waals surface area (Å²) in [4.78, 5) is 25.6. The molecule has 1 aliphatic carbocycles. The third-order valence-corrected chi connectivity index (χ3v) is 3.63. The van der Waals surface area contributed by atoms with E-state index in [1.54, 1.807) is 13.0 Å². The normalized spacial score (nSPS) is 22.2. The molecule has 0 aliphatic heterocycles. The fourth-order valence-electron chi connectivity index (χ4n) is 2.48. The van der Waals surface area contributed by atoms with Gasteiger partial charge in [-0.2, -0.15) is 0 Å². The number of aryl methyl sites for hydroxylation is 1. The molecule has 2 rings (SSSR count). The van der Waals surface area contributed by atoms with Crippen molar-refractivity contribution in [2.75, 3.05) is 5.32 Å². The summed E-state index contributed by atoms with van der Waals surface area (Å²) in [5.74, 6) is -0.787. The van der Waals surface area contributed by atoms with E-state index in [0.29, 0.717) is 31.4 Å². The topological polar surface area (TPSA) is 105 Å². The highest BCUT2D eigenvalue weighted by molar-refractivity contribution is 5.70. The number of rotatable bonds is 4. The molecule has 0 unspecified atom stereocenters. The van der Waals surface area contributed by atoms with E-state index in [1.807, 2.05) is 0 Å². The smallest absolute Gasteiger partial charge is 0.311 e. The number of nitrogens with one attached hydrogen (secondary N) is 1. The number of carbonyl (C=O) groups is 1. The molecule has 1 aromatic heterocycles. The van der Waals surface area contributed by atoms with E-state index in [1.165, 1.54) is 6.07 Å². The van der Waals surface area contributed by atoms with E-state index in [9.17, 15) is 14.9 Å². The molecular weight excluding hydrogens is 262 g/mol. The Hall–Kier alpha value is -2.18. The van der Waals surface area contributed by atoms with Crippen LogP contribution in [-0.4, -0.2) is 27.0 Å². The van der Waals surface area contributed by atoms with Gasteiger partial charge < -0.3 is 10.4 Å². The molecule has 1 heterocycles. The number of aromatic nitrogens is 1. The van der Waals surface area contributed by atoms with Crippen LogP contribution in [0.5, 0.6) is 0 Å². The summed E-state index contributed by atoms with van der Waals surface area (Å²) >= 11 is 0. The first-order valence-corrected chi connectivity index (χ1v) is 6.58. The number of hydrogen-bond donors (Lipinski definition) is 2. The van der Waals surface area contributed by atoms with Gasteiger partial charge in [-0.15, -0.1) is 0 Å². The summed E-state index contributed by atoms with van der Waals surface area (Å²) in [6.45, 7) is 1.77. The fourth-order valence-corrected chi connectivity index (χ4v) is 2.48. The number of pyridine rings is 1. The lowest BCUT2D eigenvalue weighted by Gasteiger charge is -2.27. The van der Waals surface area contributed by atoms with Crippen LogP contribution in [0.2, 0.25) is 0 Å². The van der Waals surface area contributed by atoms with E-state index in [2.05, 4.69) is 10.3 Å². The maximum Gasteiger partial charge on any atom is 0.311 e. The second-order valence-electron chi connectivity index (χ2n) is 5.11. The van der Waals surface area contributed by atoms with Crippen LogP contribution in [0.15, 0.2) is 12.1 Å². The zero-order chi connectivity index (χ0) is 14.7. The van der Waals surface area contributed by atoms with Crippen molar-refractivity contribution in [3.63, 3.8) is 0 Å². The first-order chi connectivity index (χ1) is 9.47. The minimum Gasteiger partial charge on any atom is -0.481 e. The number of nitro groups is 1. The number of carboxylic acids is 1. The molecule has 0 radical (unpaired) electrons. The Bertz CT molecular complexity index is 524. The van der Waals surface area contributed by atoms with Crippen molar-refractivity contribution in [3.05, 3.63) is 27.9 Å². The predicted octanol–water partition coefficient (Wildman–Crippen LogP) is 2.35. The standard InChI is InChI=1S/C13H17N3O4/c1-8-2-7-11(16(19)20)12(14-8)15-10-5-3-9(4-6-10)13(17)18/h2,7,9-10H,3-6H2,1H3,(H,14,15)(H,17,18). The average molecular weight is 279 g/mol. The van der Waals surface area contributed by atoms with Gasteiger partial charge >= 0.3 is 11.7 Å². The summed E-state index contributed by atoms with van der Waals surface area (Å²) in [5, 5.41) is 23.0. The highest BCUT2D eigenvalue weighted by Gasteiger charge is 2.27. The van der Waals surface area contributed by atoms with Gasteiger partial charge in [-0.05, 0) is 38.7 Å². The van der Waals surface area contributed by atoms with Crippen molar-refractivity contribution in [2.24, 2.45) is 5.92 Å². The number of aliphatic carboxylic acids is 1. The second kappa shape index (κ2) is 5.85. The number of hydrogen-bond acceptors (Lipinski definition) is 5. The van der Waals surface area contributed by atoms with Crippen molar-refractivity contribution in [1.29, 1.82) is 0 Å². The van der Waals surface area contributed by atoms with Crippen LogP contribution in [-0.2, 0) is 4.79 Å². The number of nitrogens with zero attached hydrogens (tertiary/aromatic N) is 2. The van der Waals surface area contributed by atoms with E-state index in [-0.39, 0.29) is 23.5 Å². The second-order valence-corrected chi connectivity index (χ2v) is 5.11. The number of carboxylic acid groups (broad SMARTS) is 1. The molecule has 7 nitrogen and oxygen atoms in total. The SMILES string of the molecule is Cc1ccc([N+](=O)[O-])c(NC2CCC(C(=O)O)CC2)n1. The van der Waals surface area contributed by atoms with E-state index < -0.39 is 10.9 Å². The van der Waals surface area contributed by atoms with Crippen molar-refractivity contribution < 1.29 is 14.8 Å². The van der Waals surface area contributed by atoms with Crippen LogP contribution in [0, 0.1) is 23.0 Å². The fraction of sp³-hybridized carbons (Fsp3) is 0.538. The molecule has 2 N–H and O–H groups in total. The maximum absolute atomic E-state index is 11.0. The molecule has 0 amide bonds. The van der Waals surface area contributed by atoms with E-state index in [4.69, 9.17) is 5.11 Å². The van der Waals surface area contributed by atoms with Crippen molar-refractivity contribution in [2.45, 2.75) is 38.6 Å². The Morgan fingerprint density at radius 2 is 2.05 bits per heavy atom. The van der Waals surface area contributed by atoms with Gasteiger partial charge in [0.15, 0.2) is 0 Å². The predicted molar refractivity (Wildman–Crippen MR) is 72.6 cm³/mol. The molecule has 1 aromatic rings. The Morgan fingerprint density at radius 1 is 1.40 bits per heavy atom. The van der Waals surface area contributed by atoms with Gasteiger partial charge in [-0.1, -0.05) is 0 Å². The van der Waals surface area contributed by atoms with Crippen LogP contribution >= 0.6 is 0 Å². The maximum atomic E-state index is 11.0. The lowest BCUT2D eigenvalue weighted by molar-refractivity contribution is -0.384. The quantitative estimate of drug-likeness (QED) is 0.647. The van der Waals surface area contributed by atoms with Crippen LogP contribution in [0.4, 0.5) is 11.5 Å². The largest absolute Gasteiger partial charge is 0.481 e. The van der Waals surface area contributed by atoms with Gasteiger partial charge in [0.2, 0.25) is 5.82 Å². The Labute approximate surface area is 116 Å². The number of anilines is 1. The molecule has 1 fully saturated rings. The van der Waals surface area contributed by atoms with E-state index in [0.717, 1.165) is 0 Å². The molecule has 0 aromatic carbocycles. The zero-order valence-electron chi connectivity index (χ0n) is 11.2. The minimum absolute atomic E-state index is 0.0404. The summed E-state index contributed by atoms with van der Waals surface area (Å²) in [6.07, 6.45) is 2.55.